The van der Waals surface area contributed by atoms with Gasteiger partial charge in [-0.1, -0.05) is 0 Å². The van der Waals surface area contributed by atoms with Gasteiger partial charge >= 0.3 is 45.5 Å². The van der Waals surface area contributed by atoms with Crippen molar-refractivity contribution in [2.45, 2.75) is 0 Å². The summed E-state index contributed by atoms with van der Waals surface area (Å²) in [5, 5.41) is 19.4. The number of rotatable bonds is 0. The SMILES string of the molecule is [C-]#[N+][O-].[C-]#[N+][O-].[Sr+2]. The third-order valence-electron chi connectivity index (χ3n) is 0. The van der Waals surface area contributed by atoms with Gasteiger partial charge in [0.25, 0.3) is 0 Å². The van der Waals surface area contributed by atoms with Crippen molar-refractivity contribution in [2.75, 3.05) is 0 Å². The van der Waals surface area contributed by atoms with E-state index < -0.39 is 0 Å². The second-order valence-corrected chi connectivity index (χ2v) is 0.183. The first-order valence-corrected chi connectivity index (χ1v) is 0.812. The van der Waals surface area contributed by atoms with Crippen LogP contribution in [0.15, 0.2) is 0 Å². The molecule has 0 saturated heterocycles. The summed E-state index contributed by atoms with van der Waals surface area (Å²) >= 11 is 0. The minimum absolute atomic E-state index is 0. The van der Waals surface area contributed by atoms with Gasteiger partial charge in [-0.15, -0.1) is 0 Å². The summed E-state index contributed by atoms with van der Waals surface area (Å²) in [6.07, 6.45) is 0. The monoisotopic (exact) mass is 172 g/mol. The molecule has 0 saturated carbocycles. The Kier molecular flexibility index (Phi) is 82.1. The molecule has 7 heavy (non-hydrogen) atoms. The summed E-state index contributed by atoms with van der Waals surface area (Å²) in [7, 11) is 0. The molecule has 0 atom stereocenters. The van der Waals surface area contributed by atoms with E-state index >= 15 is 0 Å². The molecule has 0 spiro atoms. The first-order valence-electron chi connectivity index (χ1n) is 0.812. The fourth-order valence-corrected chi connectivity index (χ4v) is 0. The maximum Gasteiger partial charge on any atom is 2.00 e. The van der Waals surface area contributed by atoms with Gasteiger partial charge in [0.2, 0.25) is 0 Å². The molecule has 5 heteroatoms. The van der Waals surface area contributed by atoms with E-state index in [1.807, 2.05) is 0 Å². The molecule has 0 unspecified atom stereocenters. The van der Waals surface area contributed by atoms with E-state index in [0.717, 1.165) is 0 Å². The molecule has 0 aromatic carbocycles. The zero-order valence-corrected chi connectivity index (χ0v) is 6.89. The van der Waals surface area contributed by atoms with Gasteiger partial charge in [-0.25, -0.2) is 13.1 Å². The fraction of sp³-hybridized carbons (Fsp3) is 0. The number of hydrogen-bond acceptors (Lipinski definition) is 2. The molecule has 0 fully saturated rings. The van der Waals surface area contributed by atoms with E-state index in [0.29, 0.717) is 0 Å². The first kappa shape index (κ1) is 15.7. The van der Waals surface area contributed by atoms with Crippen LogP contribution in [-0.2, 0) is 0 Å². The molecule has 0 amide bonds. The zero-order chi connectivity index (χ0) is 5.41. The summed E-state index contributed by atoms with van der Waals surface area (Å²) < 4.78 is 0. The summed E-state index contributed by atoms with van der Waals surface area (Å²) in [6.45, 7) is 10.6. The number of nitrogens with zero attached hydrogens (tertiary/aromatic N) is 2. The van der Waals surface area contributed by atoms with Crippen molar-refractivity contribution in [3.8, 4) is 0 Å². The van der Waals surface area contributed by atoms with Crippen LogP contribution in [0.4, 0.5) is 0 Å². The van der Waals surface area contributed by atoms with Gasteiger partial charge in [0.05, 0.1) is 0 Å². The van der Waals surface area contributed by atoms with Crippen LogP contribution in [0.25, 0.3) is 10.0 Å². The Morgan fingerprint density at radius 1 is 1.00 bits per heavy atom. The smallest absolute Gasteiger partial charge is 0.539 e. The van der Waals surface area contributed by atoms with Gasteiger partial charge < -0.3 is 10.4 Å². The maximum absolute atomic E-state index is 8.22. The second-order valence-electron chi connectivity index (χ2n) is 0.183. The van der Waals surface area contributed by atoms with Gasteiger partial charge in [0.1, 0.15) is 0 Å². The van der Waals surface area contributed by atoms with Crippen molar-refractivity contribution in [3.05, 3.63) is 33.6 Å². The normalized spacial score (nSPS) is 2.00. The predicted octanol–water partition coefficient (Wildman–Crippen LogP) is 0.426. The Bertz CT molecular complexity index is 68.7. The van der Waals surface area contributed by atoms with Gasteiger partial charge in [0, 0.05) is 0 Å². The summed E-state index contributed by atoms with van der Waals surface area (Å²) in [4.78, 5) is 0. The molecule has 0 heterocycles. The molecule has 32 valence electrons. The van der Waals surface area contributed by atoms with Crippen LogP contribution in [0, 0.1) is 23.6 Å². The molecular weight excluding hydrogens is 172 g/mol. The van der Waals surface area contributed by atoms with Crippen molar-refractivity contribution >= 4 is 45.5 Å². The largest absolute Gasteiger partial charge is 2.00 e. The molecule has 0 aliphatic heterocycles. The standard InChI is InChI=1S/2CNO.Sr/c2*1-2-3;/q2*-1;+2. The molecular formula is C2N2O2Sr. The Morgan fingerprint density at radius 3 is 1.00 bits per heavy atom. The first-order chi connectivity index (χ1) is 2.83. The van der Waals surface area contributed by atoms with Crippen LogP contribution in [0.5, 0.6) is 0 Å². The Labute approximate surface area is 78.2 Å². The second kappa shape index (κ2) is 36.6. The Morgan fingerprint density at radius 2 is 1.00 bits per heavy atom. The molecule has 0 aliphatic rings. The quantitative estimate of drug-likeness (QED) is 0.302. The van der Waals surface area contributed by atoms with E-state index in [2.05, 4.69) is 0 Å². The topological polar surface area (TPSA) is 54.8 Å². The predicted molar refractivity (Wildman–Crippen MR) is 25.7 cm³/mol. The summed E-state index contributed by atoms with van der Waals surface area (Å²) in [5.41, 5.74) is 0. The maximum atomic E-state index is 8.22. The van der Waals surface area contributed by atoms with Crippen LogP contribution in [0.1, 0.15) is 0 Å². The minimum atomic E-state index is 0. The van der Waals surface area contributed by atoms with Crippen LogP contribution in [0.3, 0.4) is 0 Å². The van der Waals surface area contributed by atoms with Crippen LogP contribution >= 0.6 is 0 Å². The molecule has 0 bridgehead atoms. The molecule has 0 rings (SSSR count). The minimum Gasteiger partial charge on any atom is -0.539 e. The van der Waals surface area contributed by atoms with Gasteiger partial charge in [-0.3, -0.25) is 10.0 Å². The fourth-order valence-electron chi connectivity index (χ4n) is 0. The Balaban J connectivity index is -0.0000000400. The van der Waals surface area contributed by atoms with Crippen LogP contribution in [-0.4, -0.2) is 45.5 Å². The van der Waals surface area contributed by atoms with E-state index in [-0.39, 0.29) is 45.5 Å². The van der Waals surface area contributed by atoms with Crippen molar-refractivity contribution in [1.82, 2.24) is 0 Å². The Hall–Kier alpha value is 0.0605. The number of hydrogen-bond donors (Lipinski definition) is 0. The van der Waals surface area contributed by atoms with E-state index in [9.17, 15) is 0 Å². The van der Waals surface area contributed by atoms with E-state index in [1.54, 1.807) is 0 Å². The summed E-state index contributed by atoms with van der Waals surface area (Å²) in [5.74, 6) is 0. The van der Waals surface area contributed by atoms with Gasteiger partial charge in [0.15, 0.2) is 0 Å². The van der Waals surface area contributed by atoms with E-state index in [4.69, 9.17) is 23.6 Å². The van der Waals surface area contributed by atoms with Crippen molar-refractivity contribution in [3.63, 3.8) is 0 Å². The zero-order valence-electron chi connectivity index (χ0n) is 3.42. The average molecular weight is 172 g/mol. The molecule has 0 radical (unpaired) electrons. The van der Waals surface area contributed by atoms with Crippen LogP contribution in [0.2, 0.25) is 0 Å². The van der Waals surface area contributed by atoms with E-state index in [1.165, 1.54) is 10.0 Å². The molecule has 0 aliphatic carbocycles. The van der Waals surface area contributed by atoms with Gasteiger partial charge in [-0.05, 0) is 0 Å². The average Bonchev–Trinajstić information content (AvgIpc) is 1.39. The third kappa shape index (κ3) is 27300. The molecule has 0 aromatic rings. The third-order valence-corrected chi connectivity index (χ3v) is 0. The molecule has 0 aromatic heterocycles. The van der Waals surface area contributed by atoms with Gasteiger partial charge in [-0.2, -0.15) is 0 Å². The molecule has 4 nitrogen and oxygen atoms in total. The van der Waals surface area contributed by atoms with Crippen molar-refractivity contribution in [2.24, 2.45) is 0 Å². The van der Waals surface area contributed by atoms with Crippen molar-refractivity contribution in [1.29, 1.82) is 0 Å². The van der Waals surface area contributed by atoms with Crippen LogP contribution < -0.4 is 0 Å². The van der Waals surface area contributed by atoms with Crippen molar-refractivity contribution < 1.29 is 0 Å². The molecule has 0 N–H and O–H groups in total. The summed E-state index contributed by atoms with van der Waals surface area (Å²) in [6, 6.07) is 0.